The van der Waals surface area contributed by atoms with Crippen molar-refractivity contribution >= 4 is 22.7 Å². The lowest BCUT2D eigenvalue weighted by Gasteiger charge is -2.19. The molecule has 2 heterocycles. The summed E-state index contributed by atoms with van der Waals surface area (Å²) in [6, 6.07) is 0.751. The Morgan fingerprint density at radius 1 is 1.28 bits per heavy atom. The molecule has 0 N–H and O–H groups in total. The molecule has 0 aliphatic heterocycles. The second-order valence-electron chi connectivity index (χ2n) is 4.65. The summed E-state index contributed by atoms with van der Waals surface area (Å²) in [7, 11) is 0. The van der Waals surface area contributed by atoms with Crippen molar-refractivity contribution in [1.29, 1.82) is 0 Å². The number of aryl methyl sites for hydroxylation is 1. The van der Waals surface area contributed by atoms with Gasteiger partial charge >= 0.3 is 0 Å². The minimum atomic E-state index is 0.751. The van der Waals surface area contributed by atoms with Crippen molar-refractivity contribution in [3.05, 3.63) is 32.7 Å². The molecule has 0 saturated heterocycles. The minimum absolute atomic E-state index is 0.751. The molecule has 0 bridgehead atoms. The maximum atomic E-state index is 4.67. The Bertz CT molecular complexity index is 488. The Labute approximate surface area is 116 Å². The van der Waals surface area contributed by atoms with Gasteiger partial charge in [0, 0.05) is 29.5 Å². The number of thiazole rings is 2. The lowest BCUT2D eigenvalue weighted by Crippen LogP contribution is -2.25. The van der Waals surface area contributed by atoms with Crippen LogP contribution in [0.4, 0.5) is 0 Å². The van der Waals surface area contributed by atoms with Crippen LogP contribution in [0.2, 0.25) is 0 Å². The molecule has 0 unspecified atom stereocenters. The van der Waals surface area contributed by atoms with E-state index in [1.165, 1.54) is 28.6 Å². The third-order valence-electron chi connectivity index (χ3n) is 3.15. The molecule has 2 aromatic heterocycles. The highest BCUT2D eigenvalue weighted by atomic mass is 32.1. The molecule has 0 aromatic carbocycles. The number of rotatable bonds is 6. The maximum Gasteiger partial charge on any atom is 0.107 e. The van der Waals surface area contributed by atoms with E-state index in [2.05, 4.69) is 32.6 Å². The van der Waals surface area contributed by atoms with Crippen LogP contribution in [-0.4, -0.2) is 20.9 Å². The summed E-state index contributed by atoms with van der Waals surface area (Å²) in [4.78, 5) is 11.6. The van der Waals surface area contributed by atoms with Crippen LogP contribution in [0.5, 0.6) is 0 Å². The van der Waals surface area contributed by atoms with E-state index in [9.17, 15) is 0 Å². The second-order valence-corrected chi connectivity index (χ2v) is 6.57. The predicted molar refractivity (Wildman–Crippen MR) is 75.9 cm³/mol. The van der Waals surface area contributed by atoms with Gasteiger partial charge in [-0.2, -0.15) is 0 Å². The largest absolute Gasteiger partial charge is 0.288 e. The van der Waals surface area contributed by atoms with Crippen molar-refractivity contribution < 1.29 is 0 Å². The topological polar surface area (TPSA) is 29.0 Å². The van der Waals surface area contributed by atoms with Gasteiger partial charge in [0.25, 0.3) is 0 Å². The molecule has 96 valence electrons. The number of hydrogen-bond acceptors (Lipinski definition) is 5. The molecule has 2 aromatic rings. The smallest absolute Gasteiger partial charge is 0.107 e. The van der Waals surface area contributed by atoms with Crippen LogP contribution in [-0.2, 0) is 19.5 Å². The highest BCUT2D eigenvalue weighted by Gasteiger charge is 2.29. The first-order valence-electron chi connectivity index (χ1n) is 6.41. The third-order valence-corrected chi connectivity index (χ3v) is 4.96. The maximum absolute atomic E-state index is 4.67. The quantitative estimate of drug-likeness (QED) is 0.812. The summed E-state index contributed by atoms with van der Waals surface area (Å²) in [5, 5.41) is 6.72. The number of aromatic nitrogens is 2. The third kappa shape index (κ3) is 2.96. The molecule has 0 spiro atoms. The van der Waals surface area contributed by atoms with Gasteiger partial charge in [0.15, 0.2) is 0 Å². The molecule has 0 radical (unpaired) electrons. The molecule has 0 atom stereocenters. The Hall–Kier alpha value is -0.780. The fourth-order valence-corrected chi connectivity index (χ4v) is 3.43. The molecule has 18 heavy (non-hydrogen) atoms. The Kier molecular flexibility index (Phi) is 3.72. The highest BCUT2D eigenvalue weighted by molar-refractivity contribution is 7.09. The van der Waals surface area contributed by atoms with Gasteiger partial charge in [-0.3, -0.25) is 4.90 Å². The molecule has 3 nitrogen and oxygen atoms in total. The Morgan fingerprint density at radius 3 is 2.78 bits per heavy atom. The Balaban J connectivity index is 1.66. The van der Waals surface area contributed by atoms with E-state index < -0.39 is 0 Å². The van der Waals surface area contributed by atoms with E-state index in [1.54, 1.807) is 22.7 Å². The van der Waals surface area contributed by atoms with Gasteiger partial charge in [-0.05, 0) is 19.3 Å². The molecule has 1 saturated carbocycles. The lowest BCUT2D eigenvalue weighted by molar-refractivity contribution is 0.243. The minimum Gasteiger partial charge on any atom is -0.288 e. The average Bonchev–Trinajstić information content (AvgIpc) is 2.92. The van der Waals surface area contributed by atoms with Crippen molar-refractivity contribution in [2.75, 3.05) is 0 Å². The van der Waals surface area contributed by atoms with Crippen LogP contribution in [0, 0.1) is 0 Å². The molecule has 1 aliphatic rings. The fourth-order valence-electron chi connectivity index (χ4n) is 2.05. The van der Waals surface area contributed by atoms with Crippen LogP contribution < -0.4 is 0 Å². The van der Waals surface area contributed by atoms with Gasteiger partial charge < -0.3 is 0 Å². The van der Waals surface area contributed by atoms with E-state index in [4.69, 9.17) is 0 Å². The zero-order valence-electron chi connectivity index (χ0n) is 10.5. The van der Waals surface area contributed by atoms with Crippen LogP contribution in [0.25, 0.3) is 0 Å². The van der Waals surface area contributed by atoms with Gasteiger partial charge in [0.2, 0.25) is 0 Å². The standard InChI is InChI=1S/C13H17N3S2/c1-2-12-15-10(9-18-12)7-16(11-3-4-11)8-13-14-5-6-17-13/h5-6,9,11H,2-4,7-8H2,1H3. The summed E-state index contributed by atoms with van der Waals surface area (Å²) in [6.07, 6.45) is 5.59. The fraction of sp³-hybridized carbons (Fsp3) is 0.538. The molecule has 3 rings (SSSR count). The molecule has 5 heteroatoms. The van der Waals surface area contributed by atoms with Crippen LogP contribution >= 0.6 is 22.7 Å². The van der Waals surface area contributed by atoms with E-state index in [0.29, 0.717) is 0 Å². The normalized spacial score (nSPS) is 15.4. The van der Waals surface area contributed by atoms with Crippen LogP contribution in [0.3, 0.4) is 0 Å². The monoisotopic (exact) mass is 279 g/mol. The zero-order chi connectivity index (χ0) is 12.4. The van der Waals surface area contributed by atoms with Crippen LogP contribution in [0.1, 0.15) is 35.5 Å². The van der Waals surface area contributed by atoms with Crippen molar-refractivity contribution in [2.24, 2.45) is 0 Å². The van der Waals surface area contributed by atoms with E-state index >= 15 is 0 Å². The number of nitrogens with zero attached hydrogens (tertiary/aromatic N) is 3. The summed E-state index contributed by atoms with van der Waals surface area (Å²) in [6.45, 7) is 4.11. The first-order chi connectivity index (χ1) is 8.85. The molecule has 0 amide bonds. The summed E-state index contributed by atoms with van der Waals surface area (Å²) < 4.78 is 0. The number of hydrogen-bond donors (Lipinski definition) is 0. The SMILES string of the molecule is CCc1nc(CN(Cc2nccs2)C2CC2)cs1. The van der Waals surface area contributed by atoms with Crippen molar-refractivity contribution in [3.63, 3.8) is 0 Å². The molecular weight excluding hydrogens is 262 g/mol. The lowest BCUT2D eigenvalue weighted by atomic mass is 10.4. The van der Waals surface area contributed by atoms with Crippen LogP contribution in [0.15, 0.2) is 17.0 Å². The zero-order valence-corrected chi connectivity index (χ0v) is 12.1. The summed E-state index contributed by atoms with van der Waals surface area (Å²) >= 11 is 3.53. The van der Waals surface area contributed by atoms with Gasteiger partial charge in [-0.15, -0.1) is 22.7 Å². The first-order valence-corrected chi connectivity index (χ1v) is 8.16. The van der Waals surface area contributed by atoms with E-state index in [0.717, 1.165) is 25.6 Å². The highest BCUT2D eigenvalue weighted by Crippen LogP contribution is 2.30. The predicted octanol–water partition coefficient (Wildman–Crippen LogP) is 3.33. The van der Waals surface area contributed by atoms with Crippen molar-refractivity contribution in [3.8, 4) is 0 Å². The van der Waals surface area contributed by atoms with E-state index in [1.807, 2.05) is 6.20 Å². The average molecular weight is 279 g/mol. The molecule has 1 aliphatic carbocycles. The van der Waals surface area contributed by atoms with E-state index in [-0.39, 0.29) is 0 Å². The van der Waals surface area contributed by atoms with Gasteiger partial charge in [0.1, 0.15) is 5.01 Å². The van der Waals surface area contributed by atoms with Gasteiger partial charge in [0.05, 0.1) is 17.2 Å². The molecule has 1 fully saturated rings. The Morgan fingerprint density at radius 2 is 2.17 bits per heavy atom. The summed E-state index contributed by atoms with van der Waals surface area (Å²) in [5.41, 5.74) is 1.22. The summed E-state index contributed by atoms with van der Waals surface area (Å²) in [5.74, 6) is 0. The van der Waals surface area contributed by atoms with Crippen molar-refractivity contribution in [1.82, 2.24) is 14.9 Å². The molecular formula is C13H17N3S2. The second kappa shape index (κ2) is 5.47. The first kappa shape index (κ1) is 12.3. The van der Waals surface area contributed by atoms with Crippen molar-refractivity contribution in [2.45, 2.75) is 45.3 Å². The van der Waals surface area contributed by atoms with Gasteiger partial charge in [-0.25, -0.2) is 9.97 Å². The van der Waals surface area contributed by atoms with Gasteiger partial charge in [-0.1, -0.05) is 6.92 Å².